The van der Waals surface area contributed by atoms with Crippen molar-refractivity contribution >= 4 is 10.0 Å². The van der Waals surface area contributed by atoms with Crippen LogP contribution in [-0.4, -0.2) is 25.8 Å². The molecule has 0 saturated heterocycles. The molecular weight excluding hydrogens is 267 g/mol. The lowest BCUT2D eigenvalue weighted by atomic mass is 10.2. The molecule has 106 valence electrons. The predicted molar refractivity (Wildman–Crippen MR) is 71.5 cm³/mol. The number of nitrogens with two attached hydrogens (primary N) is 1. The van der Waals surface area contributed by atoms with E-state index in [1.165, 1.54) is 23.5 Å². The summed E-state index contributed by atoms with van der Waals surface area (Å²) in [6.45, 7) is 0.190. The van der Waals surface area contributed by atoms with Gasteiger partial charge in [-0.15, -0.1) is 0 Å². The fourth-order valence-electron chi connectivity index (χ4n) is 2.49. The Bertz CT molecular complexity index is 554. The van der Waals surface area contributed by atoms with E-state index in [9.17, 15) is 12.8 Å². The molecule has 0 spiro atoms. The molecule has 1 aromatic rings. The fraction of sp³-hybridized carbons (Fsp3) is 0.538. The molecule has 1 saturated carbocycles. The van der Waals surface area contributed by atoms with Gasteiger partial charge in [0.05, 0.1) is 0 Å². The molecule has 0 heterocycles. The van der Waals surface area contributed by atoms with Gasteiger partial charge in [0.25, 0.3) is 0 Å². The quantitative estimate of drug-likeness (QED) is 0.918. The summed E-state index contributed by atoms with van der Waals surface area (Å²) in [5, 5.41) is 0. The van der Waals surface area contributed by atoms with Crippen LogP contribution in [0.2, 0.25) is 0 Å². The van der Waals surface area contributed by atoms with Gasteiger partial charge in [-0.3, -0.25) is 0 Å². The second kappa shape index (κ2) is 5.56. The first kappa shape index (κ1) is 14.4. The molecule has 2 N–H and O–H groups in total. The number of nitrogens with zero attached hydrogens (tertiary/aromatic N) is 1. The predicted octanol–water partition coefficient (Wildman–Crippen LogP) is 1.85. The molecule has 0 bridgehead atoms. The minimum absolute atomic E-state index is 0.0223. The van der Waals surface area contributed by atoms with Crippen LogP contribution in [0.5, 0.6) is 0 Å². The molecule has 1 aliphatic carbocycles. The molecule has 0 unspecified atom stereocenters. The Balaban J connectivity index is 2.38. The van der Waals surface area contributed by atoms with Gasteiger partial charge in [0.1, 0.15) is 10.7 Å². The van der Waals surface area contributed by atoms with Crippen molar-refractivity contribution in [1.29, 1.82) is 0 Å². The molecule has 0 radical (unpaired) electrons. The summed E-state index contributed by atoms with van der Waals surface area (Å²) in [4.78, 5) is -0.273. The molecule has 0 atom stereocenters. The summed E-state index contributed by atoms with van der Waals surface area (Å²) in [6, 6.07) is 3.98. The molecule has 0 aromatic heterocycles. The van der Waals surface area contributed by atoms with Crippen molar-refractivity contribution in [3.63, 3.8) is 0 Å². The van der Waals surface area contributed by atoms with E-state index in [4.69, 9.17) is 5.73 Å². The fourth-order valence-corrected chi connectivity index (χ4v) is 4.02. The lowest BCUT2D eigenvalue weighted by Gasteiger charge is -2.24. The molecule has 4 nitrogen and oxygen atoms in total. The highest BCUT2D eigenvalue weighted by Crippen LogP contribution is 2.28. The standard InChI is InChI=1S/C13H19FN2O2S/c1-16(11-4-2-3-5-11)19(17,18)13-8-10(9-15)6-7-12(13)14/h6-8,11H,2-5,9,15H2,1H3. The smallest absolute Gasteiger partial charge is 0.245 e. The Morgan fingerprint density at radius 1 is 1.37 bits per heavy atom. The Hall–Kier alpha value is -0.980. The summed E-state index contributed by atoms with van der Waals surface area (Å²) >= 11 is 0. The van der Waals surface area contributed by atoms with Crippen LogP contribution in [0.1, 0.15) is 31.2 Å². The van der Waals surface area contributed by atoms with Crippen molar-refractivity contribution in [3.05, 3.63) is 29.6 Å². The third-order valence-corrected chi connectivity index (χ3v) is 5.65. The highest BCUT2D eigenvalue weighted by molar-refractivity contribution is 7.89. The van der Waals surface area contributed by atoms with Crippen molar-refractivity contribution < 1.29 is 12.8 Å². The number of hydrogen-bond donors (Lipinski definition) is 1. The zero-order valence-corrected chi connectivity index (χ0v) is 11.8. The summed E-state index contributed by atoms with van der Waals surface area (Å²) in [6.07, 6.45) is 3.73. The zero-order valence-electron chi connectivity index (χ0n) is 11.0. The van der Waals surface area contributed by atoms with E-state index in [0.29, 0.717) is 5.56 Å². The van der Waals surface area contributed by atoms with Crippen molar-refractivity contribution in [3.8, 4) is 0 Å². The summed E-state index contributed by atoms with van der Waals surface area (Å²) in [5.41, 5.74) is 6.09. The SMILES string of the molecule is CN(C1CCCC1)S(=O)(=O)c1cc(CN)ccc1F. The Morgan fingerprint density at radius 3 is 2.58 bits per heavy atom. The average molecular weight is 286 g/mol. The van der Waals surface area contributed by atoms with Crippen LogP contribution >= 0.6 is 0 Å². The van der Waals surface area contributed by atoms with E-state index in [-0.39, 0.29) is 17.5 Å². The highest BCUT2D eigenvalue weighted by atomic mass is 32.2. The van der Waals surface area contributed by atoms with Crippen LogP contribution in [0.4, 0.5) is 4.39 Å². The number of rotatable bonds is 4. The van der Waals surface area contributed by atoms with Gasteiger partial charge >= 0.3 is 0 Å². The first-order chi connectivity index (χ1) is 8.96. The largest absolute Gasteiger partial charge is 0.326 e. The van der Waals surface area contributed by atoms with Crippen LogP contribution in [0, 0.1) is 5.82 Å². The Morgan fingerprint density at radius 2 is 2.00 bits per heavy atom. The number of benzene rings is 1. The van der Waals surface area contributed by atoms with Crippen molar-refractivity contribution in [2.75, 3.05) is 7.05 Å². The van der Waals surface area contributed by atoms with Gasteiger partial charge < -0.3 is 5.73 Å². The van der Waals surface area contributed by atoms with Gasteiger partial charge in [-0.05, 0) is 30.5 Å². The van der Waals surface area contributed by atoms with Gasteiger partial charge in [-0.1, -0.05) is 18.9 Å². The maximum atomic E-state index is 13.8. The first-order valence-electron chi connectivity index (χ1n) is 6.43. The topological polar surface area (TPSA) is 63.4 Å². The third kappa shape index (κ3) is 2.80. The minimum Gasteiger partial charge on any atom is -0.326 e. The zero-order chi connectivity index (χ0) is 14.0. The maximum Gasteiger partial charge on any atom is 0.245 e. The molecule has 19 heavy (non-hydrogen) atoms. The van der Waals surface area contributed by atoms with E-state index >= 15 is 0 Å². The van der Waals surface area contributed by atoms with Crippen LogP contribution in [0.3, 0.4) is 0 Å². The van der Waals surface area contributed by atoms with Crippen LogP contribution < -0.4 is 5.73 Å². The van der Waals surface area contributed by atoms with E-state index in [2.05, 4.69) is 0 Å². The van der Waals surface area contributed by atoms with Crippen molar-refractivity contribution in [2.24, 2.45) is 5.73 Å². The van der Waals surface area contributed by atoms with Gasteiger partial charge in [0.15, 0.2) is 0 Å². The van der Waals surface area contributed by atoms with E-state index in [1.807, 2.05) is 0 Å². The van der Waals surface area contributed by atoms with E-state index < -0.39 is 15.8 Å². The first-order valence-corrected chi connectivity index (χ1v) is 7.87. The number of hydrogen-bond acceptors (Lipinski definition) is 3. The highest BCUT2D eigenvalue weighted by Gasteiger charge is 2.31. The lowest BCUT2D eigenvalue weighted by Crippen LogP contribution is -2.35. The monoisotopic (exact) mass is 286 g/mol. The van der Waals surface area contributed by atoms with Gasteiger partial charge in [-0.2, -0.15) is 4.31 Å². The number of halogens is 1. The molecule has 2 rings (SSSR count). The minimum atomic E-state index is -3.78. The molecule has 6 heteroatoms. The maximum absolute atomic E-state index is 13.8. The summed E-state index contributed by atoms with van der Waals surface area (Å²) in [7, 11) is -2.26. The third-order valence-electron chi connectivity index (χ3n) is 3.73. The van der Waals surface area contributed by atoms with Gasteiger partial charge in [0, 0.05) is 19.6 Å². The van der Waals surface area contributed by atoms with Crippen molar-refractivity contribution in [1.82, 2.24) is 4.31 Å². The van der Waals surface area contributed by atoms with Gasteiger partial charge in [-0.25, -0.2) is 12.8 Å². The van der Waals surface area contributed by atoms with Crippen molar-refractivity contribution in [2.45, 2.75) is 43.2 Å². The van der Waals surface area contributed by atoms with Crippen LogP contribution in [0.15, 0.2) is 23.1 Å². The summed E-state index contributed by atoms with van der Waals surface area (Å²) in [5.74, 6) is -0.720. The van der Waals surface area contributed by atoms with E-state index in [0.717, 1.165) is 31.7 Å². The second-order valence-electron chi connectivity index (χ2n) is 4.93. The van der Waals surface area contributed by atoms with Crippen LogP contribution in [0.25, 0.3) is 0 Å². The molecule has 0 aliphatic heterocycles. The Kier molecular flexibility index (Phi) is 4.23. The van der Waals surface area contributed by atoms with Gasteiger partial charge in [0.2, 0.25) is 10.0 Å². The molecule has 1 fully saturated rings. The second-order valence-corrected chi connectivity index (χ2v) is 6.89. The molecule has 1 aliphatic rings. The Labute approximate surface area is 113 Å². The lowest BCUT2D eigenvalue weighted by molar-refractivity contribution is 0.370. The normalized spacial score (nSPS) is 17.3. The van der Waals surface area contributed by atoms with Crippen LogP contribution in [-0.2, 0) is 16.6 Å². The number of sulfonamides is 1. The molecule has 0 amide bonds. The average Bonchev–Trinajstić information content (AvgIpc) is 2.92. The van der Waals surface area contributed by atoms with E-state index in [1.54, 1.807) is 0 Å². The summed E-state index contributed by atoms with van der Waals surface area (Å²) < 4.78 is 40.0. The molecular formula is C13H19FN2O2S. The molecule has 1 aromatic carbocycles.